The predicted molar refractivity (Wildman–Crippen MR) is 84.1 cm³/mol. The van der Waals surface area contributed by atoms with Gasteiger partial charge in [0.1, 0.15) is 6.04 Å². The molecular formula is C12H11BrCl2N4O. The van der Waals surface area contributed by atoms with E-state index in [0.29, 0.717) is 16.4 Å². The zero-order chi connectivity index (χ0) is 14.9. The molecule has 2 aromatic rings. The van der Waals surface area contributed by atoms with Crippen molar-refractivity contribution in [1.29, 1.82) is 0 Å². The molecule has 106 valence electrons. The van der Waals surface area contributed by atoms with Gasteiger partial charge in [0.15, 0.2) is 0 Å². The van der Waals surface area contributed by atoms with Crippen LogP contribution >= 0.6 is 39.1 Å². The van der Waals surface area contributed by atoms with Crippen LogP contribution < -0.4 is 11.1 Å². The summed E-state index contributed by atoms with van der Waals surface area (Å²) >= 11 is 15.1. The molecule has 0 radical (unpaired) electrons. The molecule has 20 heavy (non-hydrogen) atoms. The van der Waals surface area contributed by atoms with E-state index in [1.165, 1.54) is 16.8 Å². The maximum absolute atomic E-state index is 12.2. The number of aromatic nitrogens is 2. The number of halogens is 3. The summed E-state index contributed by atoms with van der Waals surface area (Å²) in [6.07, 6.45) is 3.31. The molecule has 1 heterocycles. The first-order valence-corrected chi connectivity index (χ1v) is 7.18. The molecule has 5 nitrogen and oxygen atoms in total. The zero-order valence-electron chi connectivity index (χ0n) is 10.4. The summed E-state index contributed by atoms with van der Waals surface area (Å²) < 4.78 is 2.32. The van der Waals surface area contributed by atoms with Crippen molar-refractivity contribution in [2.45, 2.75) is 13.0 Å². The minimum absolute atomic E-state index is 0.281. The summed E-state index contributed by atoms with van der Waals surface area (Å²) in [5, 5.41) is 7.44. The van der Waals surface area contributed by atoms with Crippen LogP contribution in [0.25, 0.3) is 0 Å². The van der Waals surface area contributed by atoms with Gasteiger partial charge in [-0.15, -0.1) is 0 Å². The lowest BCUT2D eigenvalue weighted by atomic mass is 10.2. The fourth-order valence-corrected chi connectivity index (χ4v) is 2.46. The fraction of sp³-hybridized carbons (Fsp3) is 0.167. The summed E-state index contributed by atoms with van der Waals surface area (Å²) in [6, 6.07) is 2.54. The number of nitrogens with two attached hydrogens (primary N) is 1. The average Bonchev–Trinajstić information content (AvgIpc) is 2.79. The van der Waals surface area contributed by atoms with Gasteiger partial charge in [-0.25, -0.2) is 0 Å². The van der Waals surface area contributed by atoms with Crippen LogP contribution in [0.5, 0.6) is 0 Å². The minimum atomic E-state index is -0.507. The molecule has 0 aliphatic heterocycles. The van der Waals surface area contributed by atoms with Gasteiger partial charge in [0.25, 0.3) is 0 Å². The van der Waals surface area contributed by atoms with Gasteiger partial charge >= 0.3 is 0 Å². The molecule has 8 heteroatoms. The smallest absolute Gasteiger partial charge is 0.249 e. The molecule has 1 amide bonds. The molecule has 0 fully saturated rings. The molecule has 1 aromatic heterocycles. The molecule has 0 saturated carbocycles. The van der Waals surface area contributed by atoms with Gasteiger partial charge in [-0.3, -0.25) is 9.48 Å². The molecule has 0 aliphatic rings. The molecule has 0 bridgehead atoms. The number of nitrogen functional groups attached to an aromatic ring is 1. The lowest BCUT2D eigenvalue weighted by molar-refractivity contribution is -0.119. The van der Waals surface area contributed by atoms with E-state index in [1.54, 1.807) is 19.3 Å². The van der Waals surface area contributed by atoms with Crippen LogP contribution in [-0.2, 0) is 4.79 Å². The van der Waals surface area contributed by atoms with Gasteiger partial charge in [-0.1, -0.05) is 23.2 Å². The number of rotatable bonds is 3. The number of nitrogens with one attached hydrogen (secondary N) is 1. The van der Waals surface area contributed by atoms with Crippen molar-refractivity contribution in [2.24, 2.45) is 0 Å². The van der Waals surface area contributed by atoms with Gasteiger partial charge in [0, 0.05) is 11.2 Å². The van der Waals surface area contributed by atoms with Crippen LogP contribution in [0.3, 0.4) is 0 Å². The van der Waals surface area contributed by atoms with Gasteiger partial charge in [-0.2, -0.15) is 5.10 Å². The number of hydrogen-bond acceptors (Lipinski definition) is 3. The second kappa shape index (κ2) is 6.03. The molecule has 0 aliphatic carbocycles. The number of hydrogen-bond donors (Lipinski definition) is 2. The number of anilines is 2. The van der Waals surface area contributed by atoms with Gasteiger partial charge in [0.2, 0.25) is 5.91 Å². The summed E-state index contributed by atoms with van der Waals surface area (Å²) in [4.78, 5) is 12.2. The van der Waals surface area contributed by atoms with Gasteiger partial charge < -0.3 is 11.1 Å². The van der Waals surface area contributed by atoms with E-state index in [1.807, 2.05) is 0 Å². The molecule has 1 unspecified atom stereocenters. The van der Waals surface area contributed by atoms with E-state index in [2.05, 4.69) is 26.3 Å². The Labute approximate surface area is 134 Å². The third-order valence-electron chi connectivity index (χ3n) is 2.68. The number of nitrogens with zero attached hydrogens (tertiary/aromatic N) is 2. The standard InChI is InChI=1S/C12H11BrCl2N4O/c1-6(19-5-7(13)4-17-19)12(20)18-11-9(15)2-8(14)3-10(11)16/h2-6H,16H2,1H3,(H,18,20). The van der Waals surface area contributed by atoms with E-state index >= 15 is 0 Å². The average molecular weight is 378 g/mol. The molecule has 2 rings (SSSR count). The quantitative estimate of drug-likeness (QED) is 0.800. The van der Waals surface area contributed by atoms with Crippen LogP contribution in [-0.4, -0.2) is 15.7 Å². The highest BCUT2D eigenvalue weighted by Crippen LogP contribution is 2.32. The Morgan fingerprint density at radius 1 is 1.50 bits per heavy atom. The Morgan fingerprint density at radius 3 is 2.75 bits per heavy atom. The van der Waals surface area contributed by atoms with Crippen molar-refractivity contribution in [2.75, 3.05) is 11.1 Å². The van der Waals surface area contributed by atoms with Gasteiger partial charge in [-0.05, 0) is 35.0 Å². The van der Waals surface area contributed by atoms with Gasteiger partial charge in [0.05, 0.1) is 27.1 Å². The Hall–Kier alpha value is -1.24. The van der Waals surface area contributed by atoms with Crippen molar-refractivity contribution in [3.05, 3.63) is 39.0 Å². The van der Waals surface area contributed by atoms with E-state index < -0.39 is 6.04 Å². The molecule has 1 atom stereocenters. The Kier molecular flexibility index (Phi) is 4.57. The van der Waals surface area contributed by atoms with Crippen LogP contribution in [0, 0.1) is 0 Å². The molecule has 3 N–H and O–H groups in total. The topological polar surface area (TPSA) is 72.9 Å². The molecule has 0 spiro atoms. The SMILES string of the molecule is CC(C(=O)Nc1c(N)cc(Cl)cc1Cl)n1cc(Br)cn1. The minimum Gasteiger partial charge on any atom is -0.397 e. The monoisotopic (exact) mass is 376 g/mol. The second-order valence-electron chi connectivity index (χ2n) is 4.16. The third-order valence-corrected chi connectivity index (χ3v) is 3.61. The second-order valence-corrected chi connectivity index (χ2v) is 5.91. The lowest BCUT2D eigenvalue weighted by Crippen LogP contribution is -2.24. The van der Waals surface area contributed by atoms with E-state index in [-0.39, 0.29) is 10.9 Å². The number of amides is 1. The Morgan fingerprint density at radius 2 is 2.20 bits per heavy atom. The summed E-state index contributed by atoms with van der Waals surface area (Å²) in [6.45, 7) is 1.72. The highest BCUT2D eigenvalue weighted by molar-refractivity contribution is 9.10. The third kappa shape index (κ3) is 3.26. The Bertz CT molecular complexity index is 636. The fourth-order valence-electron chi connectivity index (χ4n) is 1.60. The largest absolute Gasteiger partial charge is 0.397 e. The number of benzene rings is 1. The molecular weight excluding hydrogens is 367 g/mol. The zero-order valence-corrected chi connectivity index (χ0v) is 13.5. The highest BCUT2D eigenvalue weighted by atomic mass is 79.9. The van der Waals surface area contributed by atoms with Crippen LogP contribution in [0.4, 0.5) is 11.4 Å². The Balaban J connectivity index is 2.20. The van der Waals surface area contributed by atoms with Crippen LogP contribution in [0.15, 0.2) is 29.0 Å². The first kappa shape index (κ1) is 15.2. The maximum Gasteiger partial charge on any atom is 0.249 e. The highest BCUT2D eigenvalue weighted by Gasteiger charge is 2.18. The first-order valence-electron chi connectivity index (χ1n) is 5.63. The normalized spacial score (nSPS) is 12.2. The van der Waals surface area contributed by atoms with Crippen molar-refractivity contribution >= 4 is 56.4 Å². The van der Waals surface area contributed by atoms with Crippen LogP contribution in [0.1, 0.15) is 13.0 Å². The lowest BCUT2D eigenvalue weighted by Gasteiger charge is -2.15. The van der Waals surface area contributed by atoms with E-state index in [0.717, 1.165) is 4.47 Å². The molecule has 1 aromatic carbocycles. The van der Waals surface area contributed by atoms with Crippen molar-refractivity contribution in [3.8, 4) is 0 Å². The van der Waals surface area contributed by atoms with Crippen LogP contribution in [0.2, 0.25) is 10.0 Å². The summed E-state index contributed by atoms with van der Waals surface area (Å²) in [5.41, 5.74) is 6.46. The molecule has 0 saturated heterocycles. The number of carbonyl (C=O) groups is 1. The predicted octanol–water partition coefficient (Wildman–Crippen LogP) is 3.73. The van der Waals surface area contributed by atoms with Crippen molar-refractivity contribution in [3.63, 3.8) is 0 Å². The van der Waals surface area contributed by atoms with Crippen molar-refractivity contribution in [1.82, 2.24) is 9.78 Å². The summed E-state index contributed by atoms with van der Waals surface area (Å²) in [7, 11) is 0. The maximum atomic E-state index is 12.2. The van der Waals surface area contributed by atoms with Crippen molar-refractivity contribution < 1.29 is 4.79 Å². The summed E-state index contributed by atoms with van der Waals surface area (Å²) in [5.74, 6) is -0.281. The number of carbonyl (C=O) groups excluding carboxylic acids is 1. The first-order chi connectivity index (χ1) is 9.38. The van der Waals surface area contributed by atoms with E-state index in [9.17, 15) is 4.79 Å². The van der Waals surface area contributed by atoms with E-state index in [4.69, 9.17) is 28.9 Å².